The van der Waals surface area contributed by atoms with Crippen LogP contribution in [0, 0.1) is 23.7 Å². The number of unbranched alkanes of at least 4 members (excludes halogenated alkanes) is 1. The van der Waals surface area contributed by atoms with Gasteiger partial charge in [0.05, 0.1) is 0 Å². The Balaban J connectivity index is 1.47. The Labute approximate surface area is 172 Å². The fourth-order valence-electron chi connectivity index (χ4n) is 4.33. The van der Waals surface area contributed by atoms with Gasteiger partial charge in [0, 0.05) is 11.1 Å². The highest BCUT2D eigenvalue weighted by atomic mass is 14.2. The van der Waals surface area contributed by atoms with E-state index in [1.54, 1.807) is 0 Å². The first-order chi connectivity index (χ1) is 13.8. The molecule has 148 valence electrons. The lowest BCUT2D eigenvalue weighted by molar-refractivity contribution is 0.259. The van der Waals surface area contributed by atoms with Crippen molar-refractivity contribution in [3.8, 4) is 11.8 Å². The second-order valence-corrected chi connectivity index (χ2v) is 8.58. The first-order valence-electron chi connectivity index (χ1n) is 11.5. The SMILES string of the molecule is CCCCc1ccc(C#Cc2ccc(CC[C@H]3CC[C@H](CC)CC3)cc2)cc1. The second kappa shape index (κ2) is 11.1. The summed E-state index contributed by atoms with van der Waals surface area (Å²) in [7, 11) is 0. The van der Waals surface area contributed by atoms with Gasteiger partial charge in [-0.1, -0.05) is 88.5 Å². The van der Waals surface area contributed by atoms with Gasteiger partial charge in [-0.15, -0.1) is 0 Å². The zero-order valence-corrected chi connectivity index (χ0v) is 17.8. The van der Waals surface area contributed by atoms with E-state index in [1.807, 2.05) is 0 Å². The molecule has 0 bridgehead atoms. The van der Waals surface area contributed by atoms with Crippen molar-refractivity contribution in [2.24, 2.45) is 11.8 Å². The highest BCUT2D eigenvalue weighted by molar-refractivity contribution is 5.44. The van der Waals surface area contributed by atoms with Gasteiger partial charge in [0.2, 0.25) is 0 Å². The molecule has 0 radical (unpaired) electrons. The summed E-state index contributed by atoms with van der Waals surface area (Å²) in [6.45, 7) is 4.58. The molecule has 2 aromatic rings. The van der Waals surface area contributed by atoms with Gasteiger partial charge >= 0.3 is 0 Å². The average molecular weight is 373 g/mol. The minimum absolute atomic E-state index is 0.947. The number of hydrogen-bond donors (Lipinski definition) is 0. The molecule has 0 heteroatoms. The third kappa shape index (κ3) is 6.56. The molecule has 0 spiro atoms. The maximum Gasteiger partial charge on any atom is 0.0249 e. The Morgan fingerprint density at radius 3 is 1.68 bits per heavy atom. The normalized spacial score (nSPS) is 19.1. The van der Waals surface area contributed by atoms with E-state index in [0.717, 1.165) is 23.0 Å². The monoisotopic (exact) mass is 372 g/mol. The molecule has 0 nitrogen and oxygen atoms in total. The molecule has 0 saturated heterocycles. The zero-order chi connectivity index (χ0) is 19.6. The predicted octanol–water partition coefficient (Wildman–Crippen LogP) is 7.58. The smallest absolute Gasteiger partial charge is 0.0249 e. The van der Waals surface area contributed by atoms with Gasteiger partial charge in [-0.3, -0.25) is 0 Å². The van der Waals surface area contributed by atoms with Crippen molar-refractivity contribution in [2.75, 3.05) is 0 Å². The Morgan fingerprint density at radius 2 is 1.18 bits per heavy atom. The van der Waals surface area contributed by atoms with E-state index in [4.69, 9.17) is 0 Å². The van der Waals surface area contributed by atoms with Crippen LogP contribution < -0.4 is 0 Å². The van der Waals surface area contributed by atoms with Crippen LogP contribution in [-0.4, -0.2) is 0 Å². The first kappa shape index (κ1) is 20.7. The molecule has 3 rings (SSSR count). The maximum atomic E-state index is 3.32. The van der Waals surface area contributed by atoms with Gasteiger partial charge < -0.3 is 0 Å². The molecule has 2 aromatic carbocycles. The summed E-state index contributed by atoms with van der Waals surface area (Å²) in [6, 6.07) is 17.7. The Hall–Kier alpha value is -2.00. The lowest BCUT2D eigenvalue weighted by Crippen LogP contribution is -2.14. The standard InChI is InChI=1S/C28H36/c1-3-5-6-24-11-13-26(14-12-24)17-18-28-21-19-27(20-22-28)16-15-25-9-7-23(4-2)8-10-25/h11-14,19-23,25H,3-10,15-16H2,1-2H3/t23-,25-. The van der Waals surface area contributed by atoms with Crippen LogP contribution in [0.3, 0.4) is 0 Å². The van der Waals surface area contributed by atoms with Gasteiger partial charge in [0.15, 0.2) is 0 Å². The molecule has 0 heterocycles. The van der Waals surface area contributed by atoms with Gasteiger partial charge in [-0.2, -0.15) is 0 Å². The molecule has 0 N–H and O–H groups in total. The number of rotatable bonds is 7. The van der Waals surface area contributed by atoms with Crippen LogP contribution in [-0.2, 0) is 12.8 Å². The zero-order valence-electron chi connectivity index (χ0n) is 17.8. The molecular weight excluding hydrogens is 336 g/mol. The molecule has 0 aromatic heterocycles. The van der Waals surface area contributed by atoms with E-state index in [1.165, 1.54) is 75.3 Å². The summed E-state index contributed by atoms with van der Waals surface area (Å²) < 4.78 is 0. The van der Waals surface area contributed by atoms with Gasteiger partial charge in [-0.05, 0) is 72.9 Å². The van der Waals surface area contributed by atoms with Crippen molar-refractivity contribution in [3.05, 3.63) is 70.8 Å². The van der Waals surface area contributed by atoms with Gasteiger partial charge in [-0.25, -0.2) is 0 Å². The lowest BCUT2D eigenvalue weighted by atomic mass is 9.78. The summed E-state index contributed by atoms with van der Waals surface area (Å²) in [4.78, 5) is 0. The minimum Gasteiger partial charge on any atom is -0.0654 e. The minimum atomic E-state index is 0.947. The number of hydrogen-bond acceptors (Lipinski definition) is 0. The Morgan fingerprint density at radius 1 is 0.679 bits per heavy atom. The van der Waals surface area contributed by atoms with E-state index >= 15 is 0 Å². The molecule has 1 saturated carbocycles. The molecule has 0 aliphatic heterocycles. The largest absolute Gasteiger partial charge is 0.0654 e. The molecule has 0 atom stereocenters. The summed E-state index contributed by atoms with van der Waals surface area (Å²) in [5.41, 5.74) is 5.10. The van der Waals surface area contributed by atoms with E-state index in [-0.39, 0.29) is 0 Å². The molecule has 0 amide bonds. The Kier molecular flexibility index (Phi) is 8.23. The predicted molar refractivity (Wildman–Crippen MR) is 122 cm³/mol. The number of aryl methyl sites for hydroxylation is 2. The fourth-order valence-corrected chi connectivity index (χ4v) is 4.33. The van der Waals surface area contributed by atoms with E-state index in [0.29, 0.717) is 0 Å². The van der Waals surface area contributed by atoms with Crippen molar-refractivity contribution < 1.29 is 0 Å². The molecule has 28 heavy (non-hydrogen) atoms. The summed E-state index contributed by atoms with van der Waals surface area (Å²) in [6.07, 6.45) is 13.4. The lowest BCUT2D eigenvalue weighted by Gasteiger charge is -2.27. The fraction of sp³-hybridized carbons (Fsp3) is 0.500. The van der Waals surface area contributed by atoms with Gasteiger partial charge in [0.1, 0.15) is 0 Å². The highest BCUT2D eigenvalue weighted by Gasteiger charge is 2.19. The van der Waals surface area contributed by atoms with Crippen molar-refractivity contribution in [2.45, 2.75) is 78.1 Å². The van der Waals surface area contributed by atoms with Crippen LogP contribution in [0.4, 0.5) is 0 Å². The van der Waals surface area contributed by atoms with Gasteiger partial charge in [0.25, 0.3) is 0 Å². The Bertz CT molecular complexity index is 746. The van der Waals surface area contributed by atoms with E-state index < -0.39 is 0 Å². The van der Waals surface area contributed by atoms with Crippen LogP contribution >= 0.6 is 0 Å². The topological polar surface area (TPSA) is 0 Å². The molecule has 1 fully saturated rings. The van der Waals surface area contributed by atoms with Crippen LogP contribution in [0.2, 0.25) is 0 Å². The maximum absolute atomic E-state index is 3.32. The van der Waals surface area contributed by atoms with Crippen molar-refractivity contribution in [3.63, 3.8) is 0 Å². The van der Waals surface area contributed by atoms with E-state index in [2.05, 4.69) is 74.2 Å². The van der Waals surface area contributed by atoms with Crippen LogP contribution in [0.15, 0.2) is 48.5 Å². The van der Waals surface area contributed by atoms with Crippen LogP contribution in [0.1, 0.15) is 87.5 Å². The molecule has 1 aliphatic carbocycles. The third-order valence-corrected chi connectivity index (χ3v) is 6.46. The summed E-state index contributed by atoms with van der Waals surface area (Å²) >= 11 is 0. The quantitative estimate of drug-likeness (QED) is 0.439. The van der Waals surface area contributed by atoms with E-state index in [9.17, 15) is 0 Å². The molecule has 0 unspecified atom stereocenters. The molecular formula is C28H36. The van der Waals surface area contributed by atoms with Crippen molar-refractivity contribution in [1.29, 1.82) is 0 Å². The highest BCUT2D eigenvalue weighted by Crippen LogP contribution is 2.33. The van der Waals surface area contributed by atoms with Crippen LogP contribution in [0.25, 0.3) is 0 Å². The van der Waals surface area contributed by atoms with Crippen LogP contribution in [0.5, 0.6) is 0 Å². The summed E-state index contributed by atoms with van der Waals surface area (Å²) in [5, 5.41) is 0. The third-order valence-electron chi connectivity index (χ3n) is 6.46. The van der Waals surface area contributed by atoms with Crippen molar-refractivity contribution >= 4 is 0 Å². The summed E-state index contributed by atoms with van der Waals surface area (Å²) in [5.74, 6) is 8.57. The second-order valence-electron chi connectivity index (χ2n) is 8.58. The number of benzene rings is 2. The molecule has 1 aliphatic rings. The van der Waals surface area contributed by atoms with Crippen molar-refractivity contribution in [1.82, 2.24) is 0 Å². The first-order valence-corrected chi connectivity index (χ1v) is 11.5. The average Bonchev–Trinajstić information content (AvgIpc) is 2.76.